The summed E-state index contributed by atoms with van der Waals surface area (Å²) in [5.41, 5.74) is 0.542. The lowest BCUT2D eigenvalue weighted by Crippen LogP contribution is -2.51. The van der Waals surface area contributed by atoms with Gasteiger partial charge in [-0.2, -0.15) is 0 Å². The van der Waals surface area contributed by atoms with Crippen LogP contribution in [0.15, 0.2) is 30.3 Å². The quantitative estimate of drug-likeness (QED) is 0.851. The van der Waals surface area contributed by atoms with Crippen molar-refractivity contribution in [2.75, 3.05) is 46.3 Å². The van der Waals surface area contributed by atoms with Crippen molar-refractivity contribution in [3.05, 3.63) is 35.9 Å². The SMILES string of the molecule is CN(CC(=O)N1CCN(Cc2ccccc2)CC1)CC(C)(C)O. The van der Waals surface area contributed by atoms with Gasteiger partial charge in [-0.1, -0.05) is 30.3 Å². The number of piperazine rings is 1. The van der Waals surface area contributed by atoms with E-state index in [1.807, 2.05) is 22.9 Å². The third kappa shape index (κ3) is 6.29. The molecule has 1 amide bonds. The van der Waals surface area contributed by atoms with Crippen LogP contribution in [0.4, 0.5) is 0 Å². The molecule has 23 heavy (non-hydrogen) atoms. The molecule has 1 aliphatic heterocycles. The molecule has 0 aliphatic carbocycles. The van der Waals surface area contributed by atoms with Crippen LogP contribution >= 0.6 is 0 Å². The molecule has 0 spiro atoms. The summed E-state index contributed by atoms with van der Waals surface area (Å²) in [6.45, 7) is 8.71. The molecular formula is C18H29N3O2. The first-order valence-corrected chi connectivity index (χ1v) is 8.28. The fourth-order valence-corrected chi connectivity index (χ4v) is 3.04. The number of carbonyl (C=O) groups excluding carboxylic acids is 1. The Hall–Kier alpha value is -1.43. The first kappa shape index (κ1) is 17.9. The van der Waals surface area contributed by atoms with Crippen LogP contribution in [0.25, 0.3) is 0 Å². The van der Waals surface area contributed by atoms with E-state index in [1.54, 1.807) is 13.8 Å². The Kier molecular flexibility index (Phi) is 6.16. The standard InChI is InChI=1S/C18H29N3O2/c1-18(2,23)15-19(3)14-17(22)21-11-9-20(10-12-21)13-16-7-5-4-6-8-16/h4-8,23H,9-15H2,1-3H3. The van der Waals surface area contributed by atoms with Crippen molar-refractivity contribution in [1.82, 2.24) is 14.7 Å². The van der Waals surface area contributed by atoms with Gasteiger partial charge in [0.25, 0.3) is 0 Å². The normalized spacial score (nSPS) is 16.8. The first-order chi connectivity index (χ1) is 10.8. The molecule has 0 atom stereocenters. The summed E-state index contributed by atoms with van der Waals surface area (Å²) in [5.74, 6) is 0.149. The fraction of sp³-hybridized carbons (Fsp3) is 0.611. The number of rotatable bonds is 6. The van der Waals surface area contributed by atoms with E-state index in [0.717, 1.165) is 32.7 Å². The van der Waals surface area contributed by atoms with E-state index in [-0.39, 0.29) is 5.91 Å². The van der Waals surface area contributed by atoms with Crippen LogP contribution < -0.4 is 0 Å². The van der Waals surface area contributed by atoms with Gasteiger partial charge in [-0.05, 0) is 26.5 Å². The van der Waals surface area contributed by atoms with Crippen molar-refractivity contribution in [3.8, 4) is 0 Å². The topological polar surface area (TPSA) is 47.0 Å². The van der Waals surface area contributed by atoms with Crippen molar-refractivity contribution in [1.29, 1.82) is 0 Å². The molecule has 5 heteroatoms. The highest BCUT2D eigenvalue weighted by molar-refractivity contribution is 5.78. The number of benzene rings is 1. The Balaban J connectivity index is 1.74. The number of amides is 1. The van der Waals surface area contributed by atoms with Gasteiger partial charge >= 0.3 is 0 Å². The van der Waals surface area contributed by atoms with Gasteiger partial charge in [0.15, 0.2) is 0 Å². The molecule has 0 bridgehead atoms. The van der Waals surface area contributed by atoms with Gasteiger partial charge < -0.3 is 10.0 Å². The Morgan fingerprint density at radius 1 is 1.17 bits per heavy atom. The van der Waals surface area contributed by atoms with Crippen molar-refractivity contribution in [3.63, 3.8) is 0 Å². The zero-order valence-electron chi connectivity index (χ0n) is 14.5. The minimum Gasteiger partial charge on any atom is -0.389 e. The molecule has 1 fully saturated rings. The van der Waals surface area contributed by atoms with Crippen LogP contribution in [0.1, 0.15) is 19.4 Å². The first-order valence-electron chi connectivity index (χ1n) is 8.28. The van der Waals surface area contributed by atoms with E-state index in [1.165, 1.54) is 5.56 Å². The molecule has 0 unspecified atom stereocenters. The van der Waals surface area contributed by atoms with Gasteiger partial charge in [0, 0.05) is 39.3 Å². The molecule has 5 nitrogen and oxygen atoms in total. The second-order valence-electron chi connectivity index (χ2n) is 7.13. The molecule has 1 aromatic rings. The number of carbonyl (C=O) groups is 1. The molecule has 1 aromatic carbocycles. The number of aliphatic hydroxyl groups is 1. The molecule has 0 radical (unpaired) electrons. The van der Waals surface area contributed by atoms with E-state index < -0.39 is 5.60 Å². The summed E-state index contributed by atoms with van der Waals surface area (Å²) < 4.78 is 0. The summed E-state index contributed by atoms with van der Waals surface area (Å²) in [6.07, 6.45) is 0. The minimum absolute atomic E-state index is 0.149. The highest BCUT2D eigenvalue weighted by atomic mass is 16.3. The maximum atomic E-state index is 12.3. The molecule has 2 rings (SSSR count). The Bertz CT molecular complexity index is 491. The maximum Gasteiger partial charge on any atom is 0.236 e. The lowest BCUT2D eigenvalue weighted by molar-refractivity contribution is -0.134. The maximum absolute atomic E-state index is 12.3. The Morgan fingerprint density at radius 3 is 2.35 bits per heavy atom. The van der Waals surface area contributed by atoms with Crippen molar-refractivity contribution < 1.29 is 9.90 Å². The molecule has 1 heterocycles. The van der Waals surface area contributed by atoms with Crippen LogP contribution in [-0.2, 0) is 11.3 Å². The average Bonchev–Trinajstić information content (AvgIpc) is 2.47. The van der Waals surface area contributed by atoms with Crippen molar-refractivity contribution in [2.45, 2.75) is 26.0 Å². The monoisotopic (exact) mass is 319 g/mol. The number of nitrogens with zero attached hydrogens (tertiary/aromatic N) is 3. The van der Waals surface area contributed by atoms with Gasteiger partial charge in [-0.3, -0.25) is 14.6 Å². The molecule has 1 saturated heterocycles. The number of hydrogen-bond acceptors (Lipinski definition) is 4. The summed E-state index contributed by atoms with van der Waals surface area (Å²) in [7, 11) is 1.88. The van der Waals surface area contributed by atoms with Gasteiger partial charge in [-0.15, -0.1) is 0 Å². The van der Waals surface area contributed by atoms with Crippen LogP contribution in [0.5, 0.6) is 0 Å². The van der Waals surface area contributed by atoms with Gasteiger partial charge in [-0.25, -0.2) is 0 Å². The predicted octanol–water partition coefficient (Wildman–Crippen LogP) is 1.03. The van der Waals surface area contributed by atoms with Crippen LogP contribution in [-0.4, -0.2) is 77.6 Å². The minimum atomic E-state index is -0.774. The second-order valence-corrected chi connectivity index (χ2v) is 7.13. The highest BCUT2D eigenvalue weighted by Gasteiger charge is 2.23. The molecule has 0 aromatic heterocycles. The number of hydrogen-bond donors (Lipinski definition) is 1. The van der Waals surface area contributed by atoms with E-state index in [4.69, 9.17) is 0 Å². The molecule has 128 valence electrons. The van der Waals surface area contributed by atoms with E-state index in [0.29, 0.717) is 13.1 Å². The van der Waals surface area contributed by atoms with Gasteiger partial charge in [0.05, 0.1) is 12.1 Å². The van der Waals surface area contributed by atoms with Crippen LogP contribution in [0.3, 0.4) is 0 Å². The highest BCUT2D eigenvalue weighted by Crippen LogP contribution is 2.09. The second kappa shape index (κ2) is 7.90. The third-order valence-electron chi connectivity index (χ3n) is 4.04. The summed E-state index contributed by atoms with van der Waals surface area (Å²) in [5, 5.41) is 9.81. The zero-order chi connectivity index (χ0) is 16.9. The smallest absolute Gasteiger partial charge is 0.236 e. The van der Waals surface area contributed by atoms with E-state index >= 15 is 0 Å². The molecule has 1 aliphatic rings. The van der Waals surface area contributed by atoms with Gasteiger partial charge in [0.2, 0.25) is 5.91 Å². The average molecular weight is 319 g/mol. The molecule has 0 saturated carbocycles. The van der Waals surface area contributed by atoms with Crippen molar-refractivity contribution in [2.24, 2.45) is 0 Å². The summed E-state index contributed by atoms with van der Waals surface area (Å²) in [4.78, 5) is 18.6. The van der Waals surface area contributed by atoms with E-state index in [9.17, 15) is 9.90 Å². The Labute approximate surface area is 139 Å². The largest absolute Gasteiger partial charge is 0.389 e. The molecule has 1 N–H and O–H groups in total. The lowest BCUT2D eigenvalue weighted by Gasteiger charge is -2.36. The zero-order valence-corrected chi connectivity index (χ0v) is 14.5. The summed E-state index contributed by atoms with van der Waals surface area (Å²) in [6, 6.07) is 10.4. The number of likely N-dealkylation sites (N-methyl/N-ethyl adjacent to an activating group) is 1. The Morgan fingerprint density at radius 2 is 1.78 bits per heavy atom. The van der Waals surface area contributed by atoms with Crippen molar-refractivity contribution >= 4 is 5.91 Å². The van der Waals surface area contributed by atoms with E-state index in [2.05, 4.69) is 29.2 Å². The molecular weight excluding hydrogens is 290 g/mol. The fourth-order valence-electron chi connectivity index (χ4n) is 3.04. The van der Waals surface area contributed by atoms with Crippen LogP contribution in [0, 0.1) is 0 Å². The van der Waals surface area contributed by atoms with Gasteiger partial charge in [0.1, 0.15) is 0 Å². The lowest BCUT2D eigenvalue weighted by atomic mass is 10.1. The summed E-state index contributed by atoms with van der Waals surface area (Å²) >= 11 is 0. The third-order valence-corrected chi connectivity index (χ3v) is 4.04. The predicted molar refractivity (Wildman–Crippen MR) is 92.1 cm³/mol. The van der Waals surface area contributed by atoms with Crippen LogP contribution in [0.2, 0.25) is 0 Å².